The Kier molecular flexibility index (Phi) is 3.92. The predicted molar refractivity (Wildman–Crippen MR) is 48.5 cm³/mol. The molecule has 3 N–H and O–H groups in total. The molecule has 0 fully saturated rings. The van der Waals surface area contributed by atoms with Gasteiger partial charge in [-0.15, -0.1) is 0 Å². The minimum absolute atomic E-state index is 0.144. The summed E-state index contributed by atoms with van der Waals surface area (Å²) in [7, 11) is -4.16. The van der Waals surface area contributed by atoms with Crippen molar-refractivity contribution in [2.45, 2.75) is 32.6 Å². The van der Waals surface area contributed by atoms with Crippen LogP contribution in [0.15, 0.2) is 0 Å². The van der Waals surface area contributed by atoms with Gasteiger partial charge in [0.2, 0.25) is 0 Å². The summed E-state index contributed by atoms with van der Waals surface area (Å²) in [6.45, 7) is 3.22. The van der Waals surface area contributed by atoms with Gasteiger partial charge in [0.15, 0.2) is 0 Å². The molecule has 0 aliphatic rings. The number of hydrogen-bond donors (Lipinski definition) is 3. The van der Waals surface area contributed by atoms with Gasteiger partial charge in [0.25, 0.3) is 0 Å². The number of hydrogen-bond acceptors (Lipinski definition) is 3. The third kappa shape index (κ3) is 10.3. The van der Waals surface area contributed by atoms with Crippen LogP contribution in [0.1, 0.15) is 32.6 Å². The quantitative estimate of drug-likeness (QED) is 0.445. The van der Waals surface area contributed by atoms with E-state index in [-0.39, 0.29) is 6.16 Å². The van der Waals surface area contributed by atoms with Crippen molar-refractivity contribution in [3.8, 4) is 0 Å². The summed E-state index contributed by atoms with van der Waals surface area (Å²) in [6, 6.07) is 0. The molecule has 0 heterocycles. The number of unbranched alkanes of at least 4 members (excludes halogenated alkanes) is 3. The molecular weight excluding hydrogens is 163 g/mol. The fourth-order valence-corrected chi connectivity index (χ4v) is 1.87. The van der Waals surface area contributed by atoms with Crippen LogP contribution in [-0.4, -0.2) is 27.5 Å². The summed E-state index contributed by atoms with van der Waals surface area (Å²) in [5.74, 6) is 0. The van der Waals surface area contributed by atoms with Gasteiger partial charge in [-0.25, -0.2) is 0 Å². The molecule has 0 unspecified atom stereocenters. The Balaban J connectivity index is 3.40. The van der Waals surface area contributed by atoms with E-state index >= 15 is 0 Å². The van der Waals surface area contributed by atoms with Gasteiger partial charge in [0, 0.05) is 0 Å². The first kappa shape index (κ1) is 11.3. The number of rotatable bonds is 5. The van der Waals surface area contributed by atoms with E-state index < -0.39 is 7.28 Å². The summed E-state index contributed by atoms with van der Waals surface area (Å²) < 4.78 is 0. The fourth-order valence-electron chi connectivity index (χ4n) is 0.909. The van der Waals surface area contributed by atoms with Gasteiger partial charge in [-0.05, 0) is 0 Å². The molecule has 0 aliphatic heterocycles. The molecule has 0 saturated carbocycles. The molecule has 0 atom stereocenters. The van der Waals surface area contributed by atoms with Crippen LogP contribution in [0.5, 0.6) is 0 Å². The summed E-state index contributed by atoms with van der Waals surface area (Å²) in [4.78, 5) is 27.1. The summed E-state index contributed by atoms with van der Waals surface area (Å²) >= 11 is 0. The molecule has 0 amide bonds. The zero-order valence-electron chi connectivity index (χ0n) is 7.32. The van der Waals surface area contributed by atoms with Crippen LogP contribution in [0, 0.1) is 0 Å². The zero-order chi connectivity index (χ0) is 8.98. The zero-order valence-corrected chi connectivity index (χ0v) is 8.22. The van der Waals surface area contributed by atoms with E-state index in [1.165, 1.54) is 0 Å². The van der Waals surface area contributed by atoms with Gasteiger partial charge < -0.3 is 0 Å². The molecule has 0 aromatic heterocycles. The van der Waals surface area contributed by atoms with E-state index in [1.807, 2.05) is 0 Å². The first-order valence-corrected chi connectivity index (χ1v) is 6.80. The molecule has 0 radical (unpaired) electrons. The van der Waals surface area contributed by atoms with Gasteiger partial charge >= 0.3 is 67.4 Å². The van der Waals surface area contributed by atoms with Crippen LogP contribution < -0.4 is 0 Å². The topological polar surface area (TPSA) is 60.7 Å². The van der Waals surface area contributed by atoms with Gasteiger partial charge in [-0.1, -0.05) is 0 Å². The van der Waals surface area contributed by atoms with Crippen LogP contribution in [-0.2, 0) is 0 Å². The Morgan fingerprint density at radius 2 is 1.55 bits per heavy atom. The Labute approximate surface area is 68.2 Å². The average Bonchev–Trinajstić information content (AvgIpc) is 1.76. The predicted octanol–water partition coefficient (Wildman–Crippen LogP) is 1.47. The molecule has 0 saturated heterocycles. The van der Waals surface area contributed by atoms with Crippen molar-refractivity contribution in [1.29, 1.82) is 0 Å². The maximum atomic E-state index is 9.02. The second-order valence-electron chi connectivity index (χ2n) is 3.39. The van der Waals surface area contributed by atoms with Crippen molar-refractivity contribution in [2.75, 3.05) is 12.8 Å². The fraction of sp³-hybridized carbons (Fsp3) is 1.00. The molecule has 0 rings (SSSR count). The molecule has 3 nitrogen and oxygen atoms in total. The van der Waals surface area contributed by atoms with Gasteiger partial charge in [-0.3, -0.25) is 0 Å². The van der Waals surface area contributed by atoms with Crippen LogP contribution >= 0.6 is 7.28 Å². The molecular formula is C7H19O3P. The monoisotopic (exact) mass is 182 g/mol. The van der Waals surface area contributed by atoms with Crippen LogP contribution in [0.2, 0.25) is 0 Å². The maximum absolute atomic E-state index is 9.02. The Morgan fingerprint density at radius 3 is 1.91 bits per heavy atom. The van der Waals surface area contributed by atoms with Crippen LogP contribution in [0.25, 0.3) is 0 Å². The molecule has 0 aromatic carbocycles. The van der Waals surface area contributed by atoms with Crippen molar-refractivity contribution in [3.63, 3.8) is 0 Å². The first-order chi connectivity index (χ1) is 4.81. The Hall–Kier alpha value is 0.310. The van der Waals surface area contributed by atoms with E-state index in [1.54, 1.807) is 0 Å². The van der Waals surface area contributed by atoms with E-state index in [0.717, 1.165) is 25.9 Å². The molecule has 11 heavy (non-hydrogen) atoms. The van der Waals surface area contributed by atoms with E-state index in [0.29, 0.717) is 6.42 Å². The normalized spacial score (nSPS) is 15.9. The SMILES string of the molecule is CCCCCCP(C)(O)(O)O. The second-order valence-corrected chi connectivity index (χ2v) is 7.06. The summed E-state index contributed by atoms with van der Waals surface area (Å²) in [6.07, 6.45) is 4.01. The molecule has 70 valence electrons. The average molecular weight is 182 g/mol. The molecule has 0 spiro atoms. The van der Waals surface area contributed by atoms with Crippen LogP contribution in [0.3, 0.4) is 0 Å². The van der Waals surface area contributed by atoms with E-state index in [9.17, 15) is 0 Å². The third-order valence-corrected chi connectivity index (χ3v) is 2.90. The third-order valence-electron chi connectivity index (χ3n) is 1.54. The van der Waals surface area contributed by atoms with Crippen molar-refractivity contribution < 1.29 is 14.7 Å². The molecule has 0 aliphatic carbocycles. The Bertz CT molecular complexity index is 107. The molecule has 4 heteroatoms. The van der Waals surface area contributed by atoms with E-state index in [2.05, 4.69) is 6.92 Å². The standard InChI is InChI=1S/C7H19O3P/c1-3-4-5-6-7-11(2,8,9)10/h8-10H,3-7H2,1-2H3. The first-order valence-electron chi connectivity index (χ1n) is 4.07. The second kappa shape index (κ2) is 3.81. The molecule has 0 aromatic rings. The van der Waals surface area contributed by atoms with Gasteiger partial charge in [0.05, 0.1) is 0 Å². The van der Waals surface area contributed by atoms with Crippen molar-refractivity contribution in [1.82, 2.24) is 0 Å². The molecule has 0 bridgehead atoms. The Morgan fingerprint density at radius 1 is 1.00 bits per heavy atom. The van der Waals surface area contributed by atoms with Crippen molar-refractivity contribution in [2.24, 2.45) is 0 Å². The van der Waals surface area contributed by atoms with Crippen molar-refractivity contribution >= 4 is 7.28 Å². The van der Waals surface area contributed by atoms with Crippen molar-refractivity contribution in [3.05, 3.63) is 0 Å². The minimum atomic E-state index is -4.16. The van der Waals surface area contributed by atoms with Gasteiger partial charge in [0.1, 0.15) is 0 Å². The summed E-state index contributed by atoms with van der Waals surface area (Å²) in [5, 5.41) is 0. The van der Waals surface area contributed by atoms with Crippen LogP contribution in [0.4, 0.5) is 0 Å². The van der Waals surface area contributed by atoms with E-state index in [4.69, 9.17) is 14.7 Å². The summed E-state index contributed by atoms with van der Waals surface area (Å²) in [5.41, 5.74) is 0. The van der Waals surface area contributed by atoms with Gasteiger partial charge in [-0.2, -0.15) is 0 Å².